The highest BCUT2D eigenvalue weighted by Crippen LogP contribution is 2.25. The van der Waals surface area contributed by atoms with E-state index in [0.717, 1.165) is 33.0 Å². The summed E-state index contributed by atoms with van der Waals surface area (Å²) in [5, 5.41) is 19.1. The van der Waals surface area contributed by atoms with Crippen LogP contribution in [0.15, 0.2) is 48.5 Å². The van der Waals surface area contributed by atoms with Gasteiger partial charge in [-0.15, -0.1) is 10.2 Å². The van der Waals surface area contributed by atoms with Crippen LogP contribution in [-0.4, -0.2) is 30.8 Å². The van der Waals surface area contributed by atoms with E-state index in [2.05, 4.69) is 25.9 Å². The highest BCUT2D eigenvalue weighted by molar-refractivity contribution is 7.80. The van der Waals surface area contributed by atoms with E-state index in [1.165, 1.54) is 29.5 Å². The molecule has 2 aromatic carbocycles. The van der Waals surface area contributed by atoms with Gasteiger partial charge in [0, 0.05) is 17.7 Å². The van der Waals surface area contributed by atoms with E-state index in [1.807, 2.05) is 31.2 Å². The van der Waals surface area contributed by atoms with E-state index in [-0.39, 0.29) is 10.7 Å². The van der Waals surface area contributed by atoms with Crippen LogP contribution in [0.5, 0.6) is 0 Å². The molecule has 0 spiro atoms. The zero-order valence-electron chi connectivity index (χ0n) is 15.2. The number of aryl methyl sites for hydroxylation is 1. The Morgan fingerprint density at radius 1 is 1.21 bits per heavy atom. The first-order valence-corrected chi connectivity index (χ1v) is 9.85. The van der Waals surface area contributed by atoms with E-state index < -0.39 is 11.7 Å². The van der Waals surface area contributed by atoms with Crippen LogP contribution in [0.25, 0.3) is 15.5 Å². The minimum absolute atomic E-state index is 0.174. The van der Waals surface area contributed by atoms with Gasteiger partial charge in [0.05, 0.1) is 0 Å². The lowest BCUT2D eigenvalue weighted by molar-refractivity contribution is 0.0976. The normalized spacial score (nSPS) is 10.8. The van der Waals surface area contributed by atoms with E-state index in [9.17, 15) is 9.18 Å². The molecular formula is C19H15FN6OS2. The molecule has 10 heteroatoms. The second kappa shape index (κ2) is 8.02. The summed E-state index contributed by atoms with van der Waals surface area (Å²) in [4.78, 5) is 12.8. The number of carbonyl (C=O) groups excluding carboxylic acids is 1. The fraction of sp³-hybridized carbons (Fsp3) is 0.105. The SMILES string of the molecule is Cc1nnc2sc(-c3ccc(CNC(=S)NC(=O)c4cccc(F)c4)cc3)nn12. The summed E-state index contributed by atoms with van der Waals surface area (Å²) in [6, 6.07) is 13.3. The molecule has 2 N–H and O–H groups in total. The topological polar surface area (TPSA) is 84.2 Å². The Bertz CT molecular complexity index is 1200. The molecule has 146 valence electrons. The van der Waals surface area contributed by atoms with Gasteiger partial charge in [0.1, 0.15) is 10.8 Å². The van der Waals surface area contributed by atoms with Gasteiger partial charge in [-0.2, -0.15) is 9.61 Å². The number of amides is 1. The van der Waals surface area contributed by atoms with Crippen LogP contribution in [0.1, 0.15) is 21.7 Å². The van der Waals surface area contributed by atoms with E-state index >= 15 is 0 Å². The molecule has 2 heterocycles. The Balaban J connectivity index is 1.35. The van der Waals surface area contributed by atoms with Gasteiger partial charge in [-0.3, -0.25) is 10.1 Å². The minimum Gasteiger partial charge on any atom is -0.358 e. The Hall–Kier alpha value is -3.24. The molecular weight excluding hydrogens is 411 g/mol. The summed E-state index contributed by atoms with van der Waals surface area (Å²) in [5.74, 6) is -0.190. The molecule has 0 aliphatic carbocycles. The summed E-state index contributed by atoms with van der Waals surface area (Å²) < 4.78 is 14.9. The Morgan fingerprint density at radius 3 is 2.72 bits per heavy atom. The van der Waals surface area contributed by atoms with Gasteiger partial charge >= 0.3 is 0 Å². The summed E-state index contributed by atoms with van der Waals surface area (Å²) in [7, 11) is 0. The third kappa shape index (κ3) is 4.28. The van der Waals surface area contributed by atoms with Gasteiger partial charge in [0.2, 0.25) is 4.96 Å². The van der Waals surface area contributed by atoms with E-state index in [0.29, 0.717) is 6.54 Å². The highest BCUT2D eigenvalue weighted by atomic mass is 32.1. The number of hydrogen-bond acceptors (Lipinski definition) is 6. The summed E-state index contributed by atoms with van der Waals surface area (Å²) in [6.45, 7) is 2.29. The van der Waals surface area contributed by atoms with Gasteiger partial charge in [0.15, 0.2) is 10.9 Å². The first-order valence-electron chi connectivity index (χ1n) is 8.62. The molecule has 4 aromatic rings. The Labute approximate surface area is 174 Å². The number of nitrogens with zero attached hydrogens (tertiary/aromatic N) is 4. The monoisotopic (exact) mass is 426 g/mol. The molecule has 29 heavy (non-hydrogen) atoms. The van der Waals surface area contributed by atoms with E-state index in [4.69, 9.17) is 12.2 Å². The first-order chi connectivity index (χ1) is 14.0. The van der Waals surface area contributed by atoms with E-state index in [1.54, 1.807) is 4.52 Å². The molecule has 0 aliphatic heterocycles. The third-order valence-electron chi connectivity index (χ3n) is 4.11. The van der Waals surface area contributed by atoms with Crippen LogP contribution in [0.2, 0.25) is 0 Å². The lowest BCUT2D eigenvalue weighted by Crippen LogP contribution is -2.38. The Kier molecular flexibility index (Phi) is 5.28. The molecule has 0 aliphatic rings. The third-order valence-corrected chi connectivity index (χ3v) is 5.31. The van der Waals surface area contributed by atoms with Crippen LogP contribution < -0.4 is 10.6 Å². The molecule has 0 radical (unpaired) electrons. The lowest BCUT2D eigenvalue weighted by atomic mass is 10.1. The highest BCUT2D eigenvalue weighted by Gasteiger charge is 2.11. The fourth-order valence-corrected chi connectivity index (χ4v) is 3.68. The number of nitrogens with one attached hydrogen (secondary N) is 2. The number of halogens is 1. The van der Waals surface area contributed by atoms with Crippen molar-refractivity contribution < 1.29 is 9.18 Å². The van der Waals surface area contributed by atoms with Crippen molar-refractivity contribution in [1.29, 1.82) is 0 Å². The van der Waals surface area contributed by atoms with Crippen molar-refractivity contribution in [2.45, 2.75) is 13.5 Å². The molecule has 4 rings (SSSR count). The standard InChI is InChI=1S/C19H15FN6OS2/c1-11-23-24-19-26(11)25-17(29-19)13-7-5-12(6-8-13)10-21-18(28)22-16(27)14-3-2-4-15(20)9-14/h2-9H,10H2,1H3,(H2,21,22,27,28). The van der Waals surface area contributed by atoms with Crippen molar-refractivity contribution in [3.63, 3.8) is 0 Å². The largest absolute Gasteiger partial charge is 0.358 e. The number of carbonyl (C=O) groups is 1. The average molecular weight is 427 g/mol. The minimum atomic E-state index is -0.475. The van der Waals surface area contributed by atoms with Gasteiger partial charge in [-0.05, 0) is 42.9 Å². The number of hydrogen-bond donors (Lipinski definition) is 2. The molecule has 0 fully saturated rings. The maximum Gasteiger partial charge on any atom is 0.257 e. The molecule has 2 aromatic heterocycles. The summed E-state index contributed by atoms with van der Waals surface area (Å²) in [6.07, 6.45) is 0. The zero-order chi connectivity index (χ0) is 20.4. The zero-order valence-corrected chi connectivity index (χ0v) is 16.9. The predicted molar refractivity (Wildman–Crippen MR) is 112 cm³/mol. The number of rotatable bonds is 4. The summed E-state index contributed by atoms with van der Waals surface area (Å²) in [5.41, 5.74) is 2.17. The maximum absolute atomic E-state index is 13.2. The van der Waals surface area contributed by atoms with Crippen LogP contribution >= 0.6 is 23.6 Å². The molecule has 7 nitrogen and oxygen atoms in total. The van der Waals surface area contributed by atoms with Crippen LogP contribution in [-0.2, 0) is 6.54 Å². The predicted octanol–water partition coefficient (Wildman–Crippen LogP) is 3.10. The molecule has 0 bridgehead atoms. The van der Waals surface area contributed by atoms with Crippen molar-refractivity contribution in [3.8, 4) is 10.6 Å². The second-order valence-electron chi connectivity index (χ2n) is 6.19. The van der Waals surface area contributed by atoms with Gasteiger partial charge in [0.25, 0.3) is 5.91 Å². The van der Waals surface area contributed by atoms with Gasteiger partial charge in [-0.1, -0.05) is 41.7 Å². The number of thiocarbonyl (C=S) groups is 1. The number of aromatic nitrogens is 4. The van der Waals surface area contributed by atoms with Crippen LogP contribution in [0.4, 0.5) is 4.39 Å². The smallest absolute Gasteiger partial charge is 0.257 e. The molecule has 0 unspecified atom stereocenters. The summed E-state index contributed by atoms with van der Waals surface area (Å²) >= 11 is 6.61. The van der Waals surface area contributed by atoms with Crippen molar-refractivity contribution in [2.75, 3.05) is 0 Å². The van der Waals surface area contributed by atoms with Crippen LogP contribution in [0.3, 0.4) is 0 Å². The van der Waals surface area contributed by atoms with Gasteiger partial charge in [-0.25, -0.2) is 4.39 Å². The second-order valence-corrected chi connectivity index (χ2v) is 7.56. The Morgan fingerprint density at radius 2 is 2.00 bits per heavy atom. The molecule has 1 amide bonds. The number of fused-ring (bicyclic) bond motifs is 1. The molecule has 0 saturated carbocycles. The first kappa shape index (κ1) is 19.1. The van der Waals surface area contributed by atoms with Gasteiger partial charge < -0.3 is 5.32 Å². The van der Waals surface area contributed by atoms with Crippen molar-refractivity contribution in [1.82, 2.24) is 30.4 Å². The number of benzene rings is 2. The van der Waals surface area contributed by atoms with Crippen molar-refractivity contribution >= 4 is 39.5 Å². The fourth-order valence-electron chi connectivity index (χ4n) is 2.63. The quantitative estimate of drug-likeness (QED) is 0.488. The average Bonchev–Trinajstić information content (AvgIpc) is 3.29. The van der Waals surface area contributed by atoms with Crippen molar-refractivity contribution in [2.24, 2.45) is 0 Å². The van der Waals surface area contributed by atoms with Crippen LogP contribution in [0, 0.1) is 12.7 Å². The molecule has 0 atom stereocenters. The van der Waals surface area contributed by atoms with Crippen molar-refractivity contribution in [3.05, 3.63) is 71.3 Å². The lowest BCUT2D eigenvalue weighted by Gasteiger charge is -2.10. The maximum atomic E-state index is 13.2. The molecule has 0 saturated heterocycles.